The molecule has 1 heterocycles. The number of nitrogens with zero attached hydrogens (tertiary/aromatic N) is 3. The standard InChI is InChI=1S/C19H16N6O3/c20-10-13-6-8-14(9-7-13)21-11-17(27)22-23-19(28)18-16(26)12-25(24-18)15-4-2-1-3-5-15/h1-9,12,21,26H,11H2,(H,22,27)(H,23,28). The lowest BCUT2D eigenvalue weighted by molar-refractivity contribution is -0.120. The average Bonchev–Trinajstić information content (AvgIpc) is 3.13. The van der Waals surface area contributed by atoms with Crippen LogP contribution in [-0.2, 0) is 4.79 Å². The molecular formula is C19H16N6O3. The van der Waals surface area contributed by atoms with Crippen LogP contribution in [0, 0.1) is 11.3 Å². The van der Waals surface area contributed by atoms with Gasteiger partial charge in [-0.15, -0.1) is 0 Å². The van der Waals surface area contributed by atoms with Crippen molar-refractivity contribution in [1.82, 2.24) is 20.6 Å². The van der Waals surface area contributed by atoms with Crippen LogP contribution in [0.3, 0.4) is 0 Å². The smallest absolute Gasteiger partial charge is 0.294 e. The van der Waals surface area contributed by atoms with Crippen molar-refractivity contribution in [3.05, 3.63) is 72.1 Å². The summed E-state index contributed by atoms with van der Waals surface area (Å²) in [5.74, 6) is -1.56. The molecule has 0 saturated carbocycles. The maximum Gasteiger partial charge on any atom is 0.294 e. The molecule has 0 unspecified atom stereocenters. The number of carbonyl (C=O) groups excluding carboxylic acids is 2. The van der Waals surface area contributed by atoms with E-state index in [2.05, 4.69) is 21.3 Å². The van der Waals surface area contributed by atoms with Crippen LogP contribution in [-0.4, -0.2) is 33.2 Å². The van der Waals surface area contributed by atoms with Gasteiger partial charge < -0.3 is 10.4 Å². The molecule has 9 nitrogen and oxygen atoms in total. The van der Waals surface area contributed by atoms with Gasteiger partial charge in [-0.25, -0.2) is 4.68 Å². The Morgan fingerprint density at radius 2 is 1.79 bits per heavy atom. The molecule has 0 spiro atoms. The number of amides is 2. The summed E-state index contributed by atoms with van der Waals surface area (Å²) in [7, 11) is 0. The van der Waals surface area contributed by atoms with E-state index in [0.717, 1.165) is 0 Å². The minimum atomic E-state index is -0.751. The van der Waals surface area contributed by atoms with E-state index in [9.17, 15) is 14.7 Å². The van der Waals surface area contributed by atoms with Crippen LogP contribution in [0.4, 0.5) is 5.69 Å². The first-order chi connectivity index (χ1) is 13.6. The van der Waals surface area contributed by atoms with E-state index in [-0.39, 0.29) is 18.0 Å². The Labute approximate surface area is 160 Å². The number of para-hydroxylation sites is 1. The van der Waals surface area contributed by atoms with Crippen LogP contribution in [0.25, 0.3) is 5.69 Å². The lowest BCUT2D eigenvalue weighted by Gasteiger charge is -2.08. The lowest BCUT2D eigenvalue weighted by Crippen LogP contribution is -2.44. The Morgan fingerprint density at radius 1 is 1.07 bits per heavy atom. The molecule has 0 atom stereocenters. The lowest BCUT2D eigenvalue weighted by atomic mass is 10.2. The molecule has 1 aromatic heterocycles. The molecule has 9 heteroatoms. The number of hydrazine groups is 1. The van der Waals surface area contributed by atoms with Crippen molar-refractivity contribution in [3.63, 3.8) is 0 Å². The molecule has 0 aliphatic heterocycles. The van der Waals surface area contributed by atoms with Gasteiger partial charge in [0.2, 0.25) is 0 Å². The zero-order chi connectivity index (χ0) is 19.9. The molecular weight excluding hydrogens is 360 g/mol. The van der Waals surface area contributed by atoms with E-state index in [1.165, 1.54) is 10.9 Å². The molecule has 140 valence electrons. The fourth-order valence-electron chi connectivity index (χ4n) is 2.31. The topological polar surface area (TPSA) is 132 Å². The molecule has 0 aliphatic rings. The van der Waals surface area contributed by atoms with Gasteiger partial charge in [0, 0.05) is 5.69 Å². The third-order valence-electron chi connectivity index (χ3n) is 3.71. The summed E-state index contributed by atoms with van der Waals surface area (Å²) in [5, 5.41) is 25.6. The van der Waals surface area contributed by atoms with E-state index in [0.29, 0.717) is 16.9 Å². The monoisotopic (exact) mass is 376 g/mol. The summed E-state index contributed by atoms with van der Waals surface area (Å²) < 4.78 is 1.36. The van der Waals surface area contributed by atoms with Crippen molar-refractivity contribution in [1.29, 1.82) is 5.26 Å². The fraction of sp³-hybridized carbons (Fsp3) is 0.0526. The van der Waals surface area contributed by atoms with E-state index < -0.39 is 11.8 Å². The Bertz CT molecular complexity index is 1020. The van der Waals surface area contributed by atoms with Gasteiger partial charge in [0.25, 0.3) is 11.8 Å². The highest BCUT2D eigenvalue weighted by atomic mass is 16.3. The number of benzene rings is 2. The van der Waals surface area contributed by atoms with Crippen molar-refractivity contribution in [2.45, 2.75) is 0 Å². The van der Waals surface area contributed by atoms with Gasteiger partial charge in [0.15, 0.2) is 11.4 Å². The number of aromatic nitrogens is 2. The predicted molar refractivity (Wildman–Crippen MR) is 100 cm³/mol. The van der Waals surface area contributed by atoms with Crippen LogP contribution < -0.4 is 16.2 Å². The quantitative estimate of drug-likeness (QED) is 0.497. The first-order valence-corrected chi connectivity index (χ1v) is 8.24. The van der Waals surface area contributed by atoms with Gasteiger partial charge in [-0.2, -0.15) is 10.4 Å². The first-order valence-electron chi connectivity index (χ1n) is 8.24. The third kappa shape index (κ3) is 4.44. The molecule has 2 aromatic carbocycles. The van der Waals surface area contributed by atoms with Crippen LogP contribution in [0.1, 0.15) is 16.1 Å². The largest absolute Gasteiger partial charge is 0.504 e. The van der Waals surface area contributed by atoms with Gasteiger partial charge in [0.1, 0.15) is 0 Å². The Hall–Kier alpha value is -4.32. The van der Waals surface area contributed by atoms with E-state index in [1.54, 1.807) is 48.5 Å². The van der Waals surface area contributed by atoms with Gasteiger partial charge in [-0.3, -0.25) is 20.4 Å². The van der Waals surface area contributed by atoms with Crippen LogP contribution in [0.2, 0.25) is 0 Å². The summed E-state index contributed by atoms with van der Waals surface area (Å²) in [6.07, 6.45) is 1.30. The second-order valence-corrected chi connectivity index (χ2v) is 5.69. The third-order valence-corrected chi connectivity index (χ3v) is 3.71. The zero-order valence-electron chi connectivity index (χ0n) is 14.6. The van der Waals surface area contributed by atoms with Crippen LogP contribution in [0.5, 0.6) is 5.75 Å². The number of aromatic hydroxyl groups is 1. The van der Waals surface area contributed by atoms with E-state index in [4.69, 9.17) is 5.26 Å². The van der Waals surface area contributed by atoms with Crippen molar-refractivity contribution in [3.8, 4) is 17.5 Å². The molecule has 3 aromatic rings. The molecule has 0 fully saturated rings. The highest BCUT2D eigenvalue weighted by Gasteiger charge is 2.17. The molecule has 28 heavy (non-hydrogen) atoms. The first kappa shape index (κ1) is 18.5. The van der Waals surface area contributed by atoms with Gasteiger partial charge in [-0.05, 0) is 36.4 Å². The van der Waals surface area contributed by atoms with Crippen LogP contribution in [0.15, 0.2) is 60.8 Å². The van der Waals surface area contributed by atoms with E-state index >= 15 is 0 Å². The zero-order valence-corrected chi connectivity index (χ0v) is 14.6. The second-order valence-electron chi connectivity index (χ2n) is 5.69. The molecule has 0 bridgehead atoms. The molecule has 3 rings (SSSR count). The maximum absolute atomic E-state index is 12.1. The normalized spacial score (nSPS) is 9.96. The summed E-state index contributed by atoms with van der Waals surface area (Å²) in [6, 6.07) is 17.5. The summed E-state index contributed by atoms with van der Waals surface area (Å²) in [6.45, 7) is -0.101. The Kier molecular flexibility index (Phi) is 5.52. The number of nitriles is 1. The minimum Gasteiger partial charge on any atom is -0.504 e. The van der Waals surface area contributed by atoms with Crippen molar-refractivity contribution in [2.24, 2.45) is 0 Å². The molecule has 0 aliphatic carbocycles. The number of rotatable bonds is 5. The number of hydrogen-bond donors (Lipinski definition) is 4. The van der Waals surface area contributed by atoms with Gasteiger partial charge in [0.05, 0.1) is 30.1 Å². The fourth-order valence-corrected chi connectivity index (χ4v) is 2.31. The second kappa shape index (κ2) is 8.37. The summed E-state index contributed by atoms with van der Waals surface area (Å²) in [4.78, 5) is 24.0. The Morgan fingerprint density at radius 3 is 2.46 bits per heavy atom. The number of anilines is 1. The Balaban J connectivity index is 1.53. The number of carbonyl (C=O) groups is 2. The molecule has 0 radical (unpaired) electrons. The highest BCUT2D eigenvalue weighted by Crippen LogP contribution is 2.17. The van der Waals surface area contributed by atoms with Crippen LogP contribution >= 0.6 is 0 Å². The maximum atomic E-state index is 12.1. The predicted octanol–water partition coefficient (Wildman–Crippen LogP) is 1.32. The van der Waals surface area contributed by atoms with Gasteiger partial charge in [-0.1, -0.05) is 18.2 Å². The molecule has 0 saturated heterocycles. The SMILES string of the molecule is N#Cc1ccc(NCC(=O)NNC(=O)c2nn(-c3ccccc3)cc2O)cc1. The number of nitrogens with one attached hydrogen (secondary N) is 3. The number of hydrogen-bond acceptors (Lipinski definition) is 6. The summed E-state index contributed by atoms with van der Waals surface area (Å²) in [5.41, 5.74) is 6.06. The van der Waals surface area contributed by atoms with Crippen molar-refractivity contribution >= 4 is 17.5 Å². The average molecular weight is 376 g/mol. The molecule has 4 N–H and O–H groups in total. The molecule has 2 amide bonds. The summed E-state index contributed by atoms with van der Waals surface area (Å²) >= 11 is 0. The van der Waals surface area contributed by atoms with Crippen molar-refractivity contribution < 1.29 is 14.7 Å². The van der Waals surface area contributed by atoms with E-state index in [1.807, 2.05) is 12.1 Å². The van der Waals surface area contributed by atoms with Crippen molar-refractivity contribution in [2.75, 3.05) is 11.9 Å². The van der Waals surface area contributed by atoms with Gasteiger partial charge >= 0.3 is 0 Å². The highest BCUT2D eigenvalue weighted by molar-refractivity contribution is 5.96. The minimum absolute atomic E-state index is 0.101.